The van der Waals surface area contributed by atoms with Crippen LogP contribution in [0, 0.1) is 0 Å². The van der Waals surface area contributed by atoms with Crippen molar-refractivity contribution < 1.29 is 9.59 Å². The fourth-order valence-corrected chi connectivity index (χ4v) is 2.16. The van der Waals surface area contributed by atoms with E-state index in [1.54, 1.807) is 30.3 Å². The summed E-state index contributed by atoms with van der Waals surface area (Å²) in [4.78, 5) is 24.2. The predicted molar refractivity (Wildman–Crippen MR) is 80.2 cm³/mol. The maximum atomic E-state index is 12.2. The molecule has 0 bridgehead atoms. The lowest BCUT2D eigenvalue weighted by Crippen LogP contribution is -2.08. The average molecular weight is 266 g/mol. The van der Waals surface area contributed by atoms with Gasteiger partial charge in [-0.3, -0.25) is 9.59 Å². The first-order chi connectivity index (χ1) is 9.70. The summed E-state index contributed by atoms with van der Waals surface area (Å²) in [5.74, 6) is -0.242. The molecule has 0 saturated carbocycles. The van der Waals surface area contributed by atoms with Crippen LogP contribution in [0.3, 0.4) is 0 Å². The standard InChI is InChI=1S/C18H18O2/c1-2-7-14-8-6-11-16(12-14)18(20)13-17(19)15-9-4-3-5-10-15/h3-6,8-12H,2,7,13H2,1H3. The Morgan fingerprint density at radius 2 is 1.50 bits per heavy atom. The van der Waals surface area contributed by atoms with Crippen molar-refractivity contribution in [3.8, 4) is 0 Å². The third-order valence-corrected chi connectivity index (χ3v) is 3.20. The molecule has 0 N–H and O–H groups in total. The summed E-state index contributed by atoms with van der Waals surface area (Å²) in [6.07, 6.45) is 1.92. The number of hydrogen-bond donors (Lipinski definition) is 0. The number of benzene rings is 2. The van der Waals surface area contributed by atoms with Gasteiger partial charge in [-0.1, -0.05) is 61.9 Å². The van der Waals surface area contributed by atoms with Gasteiger partial charge in [-0.2, -0.15) is 0 Å². The SMILES string of the molecule is CCCc1cccc(C(=O)CC(=O)c2ccccc2)c1. The van der Waals surface area contributed by atoms with Crippen LogP contribution in [0.15, 0.2) is 54.6 Å². The van der Waals surface area contributed by atoms with Crippen molar-refractivity contribution in [2.75, 3.05) is 0 Å². The van der Waals surface area contributed by atoms with Crippen molar-refractivity contribution in [1.82, 2.24) is 0 Å². The lowest BCUT2D eigenvalue weighted by atomic mass is 9.99. The molecule has 0 saturated heterocycles. The van der Waals surface area contributed by atoms with Gasteiger partial charge in [0.1, 0.15) is 0 Å². The molecule has 0 amide bonds. The van der Waals surface area contributed by atoms with E-state index in [1.807, 2.05) is 24.3 Å². The van der Waals surface area contributed by atoms with Crippen molar-refractivity contribution in [3.63, 3.8) is 0 Å². The largest absolute Gasteiger partial charge is 0.294 e. The molecule has 0 aliphatic carbocycles. The van der Waals surface area contributed by atoms with Crippen molar-refractivity contribution in [2.45, 2.75) is 26.2 Å². The van der Waals surface area contributed by atoms with Crippen molar-refractivity contribution in [1.29, 1.82) is 0 Å². The predicted octanol–water partition coefficient (Wildman–Crippen LogP) is 4.09. The first kappa shape index (κ1) is 14.2. The number of rotatable bonds is 6. The zero-order chi connectivity index (χ0) is 14.4. The number of carbonyl (C=O) groups is 2. The number of ketones is 2. The molecule has 0 unspecified atom stereocenters. The summed E-state index contributed by atoms with van der Waals surface area (Å²) in [6, 6.07) is 16.5. The van der Waals surface area contributed by atoms with Gasteiger partial charge < -0.3 is 0 Å². The zero-order valence-corrected chi connectivity index (χ0v) is 11.6. The van der Waals surface area contributed by atoms with E-state index >= 15 is 0 Å². The van der Waals surface area contributed by atoms with E-state index in [1.165, 1.54) is 0 Å². The van der Waals surface area contributed by atoms with Gasteiger partial charge in [0.2, 0.25) is 0 Å². The molecule has 102 valence electrons. The van der Waals surface area contributed by atoms with Gasteiger partial charge in [0, 0.05) is 11.1 Å². The lowest BCUT2D eigenvalue weighted by Gasteiger charge is -2.04. The van der Waals surface area contributed by atoms with Crippen LogP contribution < -0.4 is 0 Å². The van der Waals surface area contributed by atoms with E-state index in [4.69, 9.17) is 0 Å². The fraction of sp³-hybridized carbons (Fsp3) is 0.222. The van der Waals surface area contributed by atoms with E-state index in [-0.39, 0.29) is 18.0 Å². The molecule has 2 rings (SSSR count). The molecule has 2 aromatic carbocycles. The highest BCUT2D eigenvalue weighted by molar-refractivity contribution is 6.13. The minimum Gasteiger partial charge on any atom is -0.294 e. The molecule has 0 atom stereocenters. The van der Waals surface area contributed by atoms with E-state index < -0.39 is 0 Å². The Bertz CT molecular complexity index is 600. The normalized spacial score (nSPS) is 10.2. The molecule has 0 aliphatic heterocycles. The third-order valence-electron chi connectivity index (χ3n) is 3.20. The Morgan fingerprint density at radius 1 is 0.850 bits per heavy atom. The molecule has 0 aromatic heterocycles. The molecule has 0 fully saturated rings. The van der Waals surface area contributed by atoms with Crippen molar-refractivity contribution in [2.24, 2.45) is 0 Å². The number of hydrogen-bond acceptors (Lipinski definition) is 2. The second kappa shape index (κ2) is 6.80. The average Bonchev–Trinajstić information content (AvgIpc) is 2.48. The molecule has 2 aromatic rings. The van der Waals surface area contributed by atoms with Gasteiger partial charge in [0.25, 0.3) is 0 Å². The smallest absolute Gasteiger partial charge is 0.170 e. The highest BCUT2D eigenvalue weighted by Crippen LogP contribution is 2.12. The van der Waals surface area contributed by atoms with E-state index in [0.717, 1.165) is 18.4 Å². The maximum Gasteiger partial charge on any atom is 0.170 e. The molecule has 0 radical (unpaired) electrons. The molecular formula is C18H18O2. The van der Waals surface area contributed by atoms with Gasteiger partial charge in [-0.05, 0) is 18.1 Å². The third kappa shape index (κ3) is 3.64. The van der Waals surface area contributed by atoms with Crippen LogP contribution in [0.1, 0.15) is 46.0 Å². The molecule has 0 heterocycles. The fourth-order valence-electron chi connectivity index (χ4n) is 2.16. The van der Waals surface area contributed by atoms with Crippen LogP contribution in [-0.2, 0) is 6.42 Å². The molecule has 20 heavy (non-hydrogen) atoms. The maximum absolute atomic E-state index is 12.2. The summed E-state index contributed by atoms with van der Waals surface area (Å²) < 4.78 is 0. The Hall–Kier alpha value is -2.22. The van der Waals surface area contributed by atoms with Gasteiger partial charge in [-0.15, -0.1) is 0 Å². The van der Waals surface area contributed by atoms with Gasteiger partial charge >= 0.3 is 0 Å². The second-order valence-corrected chi connectivity index (χ2v) is 4.84. The quantitative estimate of drug-likeness (QED) is 0.583. The molecule has 0 spiro atoms. The van der Waals surface area contributed by atoms with Crippen LogP contribution in [0.5, 0.6) is 0 Å². The van der Waals surface area contributed by atoms with Crippen molar-refractivity contribution >= 4 is 11.6 Å². The van der Waals surface area contributed by atoms with Gasteiger partial charge in [0.05, 0.1) is 6.42 Å². The first-order valence-electron chi connectivity index (χ1n) is 6.91. The van der Waals surface area contributed by atoms with Crippen LogP contribution in [0.25, 0.3) is 0 Å². The number of aryl methyl sites for hydroxylation is 1. The Labute approximate surface area is 119 Å². The van der Waals surface area contributed by atoms with Crippen LogP contribution >= 0.6 is 0 Å². The molecular weight excluding hydrogens is 248 g/mol. The number of carbonyl (C=O) groups excluding carboxylic acids is 2. The second-order valence-electron chi connectivity index (χ2n) is 4.84. The Kier molecular flexibility index (Phi) is 4.83. The monoisotopic (exact) mass is 266 g/mol. The summed E-state index contributed by atoms with van der Waals surface area (Å²) in [6.45, 7) is 2.10. The van der Waals surface area contributed by atoms with E-state index in [2.05, 4.69) is 6.92 Å². The summed E-state index contributed by atoms with van der Waals surface area (Å²) >= 11 is 0. The Morgan fingerprint density at radius 3 is 2.20 bits per heavy atom. The molecule has 0 aliphatic rings. The van der Waals surface area contributed by atoms with Crippen LogP contribution in [0.2, 0.25) is 0 Å². The zero-order valence-electron chi connectivity index (χ0n) is 11.6. The van der Waals surface area contributed by atoms with E-state index in [9.17, 15) is 9.59 Å². The summed E-state index contributed by atoms with van der Waals surface area (Å²) in [5, 5.41) is 0. The van der Waals surface area contributed by atoms with Crippen LogP contribution in [0.4, 0.5) is 0 Å². The molecule has 2 heteroatoms. The van der Waals surface area contributed by atoms with Crippen molar-refractivity contribution in [3.05, 3.63) is 71.3 Å². The summed E-state index contributed by atoms with van der Waals surface area (Å²) in [5.41, 5.74) is 2.36. The summed E-state index contributed by atoms with van der Waals surface area (Å²) in [7, 11) is 0. The first-order valence-corrected chi connectivity index (χ1v) is 6.91. The van der Waals surface area contributed by atoms with Crippen LogP contribution in [-0.4, -0.2) is 11.6 Å². The molecule has 2 nitrogen and oxygen atoms in total. The van der Waals surface area contributed by atoms with Gasteiger partial charge in [0.15, 0.2) is 11.6 Å². The minimum absolute atomic E-state index is 0.0698. The lowest BCUT2D eigenvalue weighted by molar-refractivity contribution is 0.0894. The highest BCUT2D eigenvalue weighted by atomic mass is 16.1. The highest BCUT2D eigenvalue weighted by Gasteiger charge is 2.13. The van der Waals surface area contributed by atoms with Gasteiger partial charge in [-0.25, -0.2) is 0 Å². The Balaban J connectivity index is 2.08. The van der Waals surface area contributed by atoms with E-state index in [0.29, 0.717) is 11.1 Å². The topological polar surface area (TPSA) is 34.1 Å². The number of Topliss-reactive ketones (excluding diaryl/α,β-unsaturated/α-hetero) is 2. The minimum atomic E-state index is -0.128.